The molecule has 0 unspecified atom stereocenters. The largest absolute Gasteiger partial charge is 0.393 e. The predicted octanol–water partition coefficient (Wildman–Crippen LogP) is 1.88. The van der Waals surface area contributed by atoms with Crippen molar-refractivity contribution >= 4 is 0 Å². The Morgan fingerprint density at radius 2 is 1.36 bits per heavy atom. The van der Waals surface area contributed by atoms with Crippen LogP contribution in [-0.4, -0.2) is 34.6 Å². The first kappa shape index (κ1) is 12.0. The zero-order valence-corrected chi connectivity index (χ0v) is 9.75. The monoisotopic (exact) mass is 201 g/mol. The summed E-state index contributed by atoms with van der Waals surface area (Å²) >= 11 is 0. The van der Waals surface area contributed by atoms with E-state index in [4.69, 9.17) is 0 Å². The topological polar surface area (TPSA) is 43.7 Å². The van der Waals surface area contributed by atoms with Gasteiger partial charge in [-0.1, -0.05) is 27.7 Å². The maximum absolute atomic E-state index is 9.87. The third-order valence-corrected chi connectivity index (χ3v) is 2.80. The van der Waals surface area contributed by atoms with Gasteiger partial charge >= 0.3 is 0 Å². The molecule has 0 saturated carbocycles. The minimum absolute atomic E-state index is 0.00926. The lowest BCUT2D eigenvalue weighted by molar-refractivity contribution is -0.151. The van der Waals surface area contributed by atoms with Gasteiger partial charge < -0.3 is 10.3 Å². The molecule has 0 bridgehead atoms. The number of hydrogen-bond donors (Lipinski definition) is 2. The molecule has 0 spiro atoms. The van der Waals surface area contributed by atoms with E-state index in [0.29, 0.717) is 13.1 Å². The average Bonchev–Trinajstić information content (AvgIpc) is 1.74. The van der Waals surface area contributed by atoms with Gasteiger partial charge in [-0.05, 0) is 23.7 Å². The summed E-state index contributed by atoms with van der Waals surface area (Å²) < 4.78 is 0. The van der Waals surface area contributed by atoms with E-state index in [0.717, 1.165) is 12.8 Å². The molecule has 3 heteroatoms. The van der Waals surface area contributed by atoms with E-state index in [1.165, 1.54) is 5.06 Å². The summed E-state index contributed by atoms with van der Waals surface area (Å²) in [7, 11) is 0. The molecule has 0 aromatic rings. The van der Waals surface area contributed by atoms with Crippen LogP contribution < -0.4 is 0 Å². The van der Waals surface area contributed by atoms with Gasteiger partial charge in [-0.15, -0.1) is 0 Å². The average molecular weight is 201 g/mol. The molecule has 84 valence electrons. The second kappa shape index (κ2) is 3.80. The molecular weight excluding hydrogens is 178 g/mol. The molecule has 1 fully saturated rings. The fourth-order valence-electron chi connectivity index (χ4n) is 2.52. The Kier molecular flexibility index (Phi) is 3.24. The second-order valence-electron chi connectivity index (χ2n) is 6.21. The highest BCUT2D eigenvalue weighted by Crippen LogP contribution is 2.33. The highest BCUT2D eigenvalue weighted by atomic mass is 16.5. The van der Waals surface area contributed by atoms with Gasteiger partial charge in [0.05, 0.1) is 6.10 Å². The van der Waals surface area contributed by atoms with Crippen LogP contribution in [0.25, 0.3) is 0 Å². The van der Waals surface area contributed by atoms with Crippen LogP contribution in [0.15, 0.2) is 0 Å². The van der Waals surface area contributed by atoms with Crippen molar-refractivity contribution in [2.24, 2.45) is 10.8 Å². The van der Waals surface area contributed by atoms with Crippen molar-refractivity contribution in [3.63, 3.8) is 0 Å². The lowest BCUT2D eigenvalue weighted by atomic mass is 9.77. The van der Waals surface area contributed by atoms with Crippen LogP contribution in [0.2, 0.25) is 0 Å². The Hall–Kier alpha value is -0.120. The van der Waals surface area contributed by atoms with E-state index in [1.807, 2.05) is 0 Å². The van der Waals surface area contributed by atoms with Crippen molar-refractivity contribution in [1.82, 2.24) is 5.06 Å². The van der Waals surface area contributed by atoms with E-state index < -0.39 is 0 Å². The number of hydrogen-bond acceptors (Lipinski definition) is 3. The Morgan fingerprint density at radius 1 is 1.00 bits per heavy atom. The Bertz CT molecular complexity index is 163. The molecule has 0 atom stereocenters. The van der Waals surface area contributed by atoms with Gasteiger partial charge in [0.25, 0.3) is 0 Å². The number of aliphatic hydroxyl groups excluding tert-OH is 1. The van der Waals surface area contributed by atoms with Gasteiger partial charge in [-0.25, -0.2) is 0 Å². The molecule has 2 N–H and O–H groups in total. The van der Waals surface area contributed by atoms with Crippen molar-refractivity contribution < 1.29 is 10.3 Å². The molecular formula is C11H23NO2. The maximum atomic E-state index is 9.87. The Morgan fingerprint density at radius 3 is 1.71 bits per heavy atom. The smallest absolute Gasteiger partial charge is 0.0551 e. The Balaban J connectivity index is 2.71. The first-order valence-electron chi connectivity index (χ1n) is 5.32. The molecule has 1 heterocycles. The molecule has 3 nitrogen and oxygen atoms in total. The number of aliphatic hydroxyl groups is 1. The van der Waals surface area contributed by atoms with Gasteiger partial charge in [0, 0.05) is 13.1 Å². The van der Waals surface area contributed by atoms with Crippen LogP contribution in [0.4, 0.5) is 0 Å². The maximum Gasteiger partial charge on any atom is 0.0551 e. The summed E-state index contributed by atoms with van der Waals surface area (Å²) in [4.78, 5) is 0. The Labute approximate surface area is 86.7 Å². The van der Waals surface area contributed by atoms with E-state index in [-0.39, 0.29) is 16.9 Å². The summed E-state index contributed by atoms with van der Waals surface area (Å²) in [5.74, 6) is 0. The molecule has 0 aromatic carbocycles. The van der Waals surface area contributed by atoms with Crippen LogP contribution in [0.5, 0.6) is 0 Å². The molecule has 1 saturated heterocycles. The van der Waals surface area contributed by atoms with Crippen molar-refractivity contribution in [2.45, 2.75) is 46.6 Å². The summed E-state index contributed by atoms with van der Waals surface area (Å²) in [6.45, 7) is 9.59. The zero-order chi connectivity index (χ0) is 11.0. The summed E-state index contributed by atoms with van der Waals surface area (Å²) in [5, 5.41) is 21.0. The zero-order valence-electron chi connectivity index (χ0n) is 9.75. The van der Waals surface area contributed by atoms with Crippen molar-refractivity contribution in [3.05, 3.63) is 0 Å². The van der Waals surface area contributed by atoms with E-state index in [2.05, 4.69) is 27.7 Å². The molecule has 14 heavy (non-hydrogen) atoms. The second-order valence-corrected chi connectivity index (χ2v) is 6.21. The highest BCUT2D eigenvalue weighted by molar-refractivity contribution is 4.84. The molecule has 1 aliphatic rings. The molecule has 0 aromatic heterocycles. The van der Waals surface area contributed by atoms with Crippen molar-refractivity contribution in [3.8, 4) is 0 Å². The fourth-order valence-corrected chi connectivity index (χ4v) is 2.52. The number of nitrogens with zero attached hydrogens (tertiary/aromatic N) is 1. The van der Waals surface area contributed by atoms with Gasteiger partial charge in [-0.2, -0.15) is 5.06 Å². The van der Waals surface area contributed by atoms with E-state index >= 15 is 0 Å². The first-order valence-corrected chi connectivity index (χ1v) is 5.32. The lowest BCUT2D eigenvalue weighted by Gasteiger charge is -2.40. The molecule has 0 aliphatic carbocycles. The standard InChI is InChI=1S/C11H23NO2/c1-10(2)5-9(13)6-11(3,4)8-12(14)7-10/h9,13-14H,5-8H2,1-4H3. The van der Waals surface area contributed by atoms with Gasteiger partial charge in [0.2, 0.25) is 0 Å². The van der Waals surface area contributed by atoms with Gasteiger partial charge in [0.15, 0.2) is 0 Å². The number of rotatable bonds is 0. The van der Waals surface area contributed by atoms with Crippen molar-refractivity contribution in [1.29, 1.82) is 0 Å². The van der Waals surface area contributed by atoms with Gasteiger partial charge in [-0.3, -0.25) is 0 Å². The first-order chi connectivity index (χ1) is 6.20. The summed E-state index contributed by atoms with van der Waals surface area (Å²) in [5.41, 5.74) is -0.0185. The number of hydroxylamine groups is 2. The molecule has 0 radical (unpaired) electrons. The van der Waals surface area contributed by atoms with Crippen LogP contribution >= 0.6 is 0 Å². The molecule has 0 amide bonds. The normalized spacial score (nSPS) is 29.6. The molecule has 1 rings (SSSR count). The van der Waals surface area contributed by atoms with Crippen LogP contribution in [0.3, 0.4) is 0 Å². The van der Waals surface area contributed by atoms with Crippen LogP contribution in [-0.2, 0) is 0 Å². The fraction of sp³-hybridized carbons (Fsp3) is 1.00. The highest BCUT2D eigenvalue weighted by Gasteiger charge is 2.34. The van der Waals surface area contributed by atoms with Crippen LogP contribution in [0, 0.1) is 10.8 Å². The van der Waals surface area contributed by atoms with E-state index in [9.17, 15) is 10.3 Å². The minimum Gasteiger partial charge on any atom is -0.393 e. The van der Waals surface area contributed by atoms with Gasteiger partial charge in [0.1, 0.15) is 0 Å². The van der Waals surface area contributed by atoms with Crippen molar-refractivity contribution in [2.75, 3.05) is 13.1 Å². The SMILES string of the molecule is CC1(C)CC(O)CC(C)(C)CN(O)C1. The van der Waals surface area contributed by atoms with E-state index in [1.54, 1.807) is 0 Å². The lowest BCUT2D eigenvalue weighted by Crippen LogP contribution is -2.44. The third-order valence-electron chi connectivity index (χ3n) is 2.80. The minimum atomic E-state index is -0.242. The molecule has 1 aliphatic heterocycles. The predicted molar refractivity (Wildman–Crippen MR) is 56.2 cm³/mol. The third kappa shape index (κ3) is 3.56. The van der Waals surface area contributed by atoms with Crippen LogP contribution in [0.1, 0.15) is 40.5 Å². The summed E-state index contributed by atoms with van der Waals surface area (Å²) in [6.07, 6.45) is 1.27. The summed E-state index contributed by atoms with van der Waals surface area (Å²) in [6, 6.07) is 0. The quantitative estimate of drug-likeness (QED) is 0.629.